The molecule has 12 nitrogen and oxygen atoms in total. The summed E-state index contributed by atoms with van der Waals surface area (Å²) in [6.45, 7) is 21.3. The maximum atomic E-state index is 11.0. The Kier molecular flexibility index (Phi) is 28.4. The first-order chi connectivity index (χ1) is 23.8. The van der Waals surface area contributed by atoms with E-state index < -0.39 is 23.5 Å². The molecule has 14 heteroatoms. The van der Waals surface area contributed by atoms with Crippen LogP contribution in [0.5, 0.6) is 0 Å². The van der Waals surface area contributed by atoms with E-state index in [2.05, 4.69) is 44.6 Å². The molecule has 0 saturated heterocycles. The van der Waals surface area contributed by atoms with Gasteiger partial charge in [0.15, 0.2) is 0 Å². The third-order valence-corrected chi connectivity index (χ3v) is 5.62. The number of hydrogen-bond donors (Lipinski definition) is 2. The Morgan fingerprint density at radius 3 is 1.19 bits per heavy atom. The summed E-state index contributed by atoms with van der Waals surface area (Å²) >= 11 is 0. The standard InChI is InChI=1S/C10H18O5.C8H11N.2C7H10N2.C7H6N2.B.Na.H/c1-9(2,3)14-7(11)13-8(12)15-10(4,5)6;1-3-8-4-7(2)5-9-6-8;3*1-6-2-7(3-8)5-9-4-6;;;/h1-6H3;4-6H,3H2,1-2H3;2*2,4-5H,3,8H2,1H3;2,4-5H,1H3;;;/q;;;;;;+1;-1. The van der Waals surface area contributed by atoms with Crippen LogP contribution in [0, 0.1) is 39.0 Å². The number of nitrogens with zero attached hydrogens (tertiary/aromatic N) is 5. The molecule has 4 aromatic heterocycles. The predicted octanol–water partition coefficient (Wildman–Crippen LogP) is 4.52. The molecule has 0 saturated carbocycles. The molecule has 0 amide bonds. The van der Waals surface area contributed by atoms with Crippen molar-refractivity contribution in [3.8, 4) is 6.07 Å². The van der Waals surface area contributed by atoms with Crippen LogP contribution < -0.4 is 41.0 Å². The molecule has 4 aromatic rings. The third kappa shape index (κ3) is 30.0. The molecule has 4 heterocycles. The summed E-state index contributed by atoms with van der Waals surface area (Å²) in [5, 5.41) is 8.37. The first-order valence-electron chi connectivity index (χ1n) is 16.4. The molecule has 0 aliphatic rings. The van der Waals surface area contributed by atoms with E-state index >= 15 is 0 Å². The molecule has 0 aliphatic heterocycles. The van der Waals surface area contributed by atoms with Crippen LogP contribution in [0.3, 0.4) is 0 Å². The van der Waals surface area contributed by atoms with Gasteiger partial charge in [-0.2, -0.15) is 5.26 Å². The number of rotatable bonds is 3. The number of carbonyl (C=O) groups excluding carboxylic acids is 2. The maximum Gasteiger partial charge on any atom is 1.00 e. The third-order valence-electron chi connectivity index (χ3n) is 5.62. The van der Waals surface area contributed by atoms with E-state index in [0.717, 1.165) is 34.2 Å². The molecule has 3 radical (unpaired) electrons. The van der Waals surface area contributed by atoms with E-state index in [9.17, 15) is 9.59 Å². The van der Waals surface area contributed by atoms with Gasteiger partial charge >= 0.3 is 41.9 Å². The quantitative estimate of drug-likeness (QED) is 0.170. The number of nitrogens with two attached hydrogens (primary N) is 2. The van der Waals surface area contributed by atoms with Gasteiger partial charge in [0.2, 0.25) is 0 Å². The van der Waals surface area contributed by atoms with Crippen LogP contribution in [0.4, 0.5) is 9.59 Å². The normalized spacial score (nSPS) is 9.66. The van der Waals surface area contributed by atoms with Gasteiger partial charge in [0.25, 0.3) is 0 Å². The van der Waals surface area contributed by atoms with E-state index in [1.54, 1.807) is 72.4 Å². The second kappa shape index (κ2) is 28.3. The van der Waals surface area contributed by atoms with Gasteiger partial charge in [-0.3, -0.25) is 19.9 Å². The molecule has 0 atom stereocenters. The average molecular weight is 737 g/mol. The Morgan fingerprint density at radius 1 is 0.642 bits per heavy atom. The van der Waals surface area contributed by atoms with Crippen LogP contribution in [0.2, 0.25) is 0 Å². The summed E-state index contributed by atoms with van der Waals surface area (Å²) in [6.07, 6.45) is 13.2. The average Bonchev–Trinajstić information content (AvgIpc) is 3.04. The number of hydrogen-bond acceptors (Lipinski definition) is 12. The second-order valence-corrected chi connectivity index (χ2v) is 13.3. The molecule has 281 valence electrons. The predicted molar refractivity (Wildman–Crippen MR) is 206 cm³/mol. The zero-order valence-electron chi connectivity index (χ0n) is 34.6. The van der Waals surface area contributed by atoms with Crippen LogP contribution in [0.1, 0.15) is 94.4 Å². The zero-order valence-corrected chi connectivity index (χ0v) is 35.6. The maximum absolute atomic E-state index is 11.0. The second-order valence-electron chi connectivity index (χ2n) is 13.3. The monoisotopic (exact) mass is 736 g/mol. The Bertz CT molecular complexity index is 1550. The summed E-state index contributed by atoms with van der Waals surface area (Å²) in [4.78, 5) is 37.9. The van der Waals surface area contributed by atoms with Gasteiger partial charge in [-0.1, -0.05) is 25.1 Å². The van der Waals surface area contributed by atoms with Gasteiger partial charge in [-0.15, -0.1) is 0 Å². The van der Waals surface area contributed by atoms with Gasteiger partial charge in [-0.25, -0.2) is 9.59 Å². The fourth-order valence-electron chi connectivity index (χ4n) is 3.50. The van der Waals surface area contributed by atoms with Gasteiger partial charge in [0.05, 0.1) is 5.56 Å². The van der Waals surface area contributed by atoms with Gasteiger partial charge in [0.1, 0.15) is 17.3 Å². The Morgan fingerprint density at radius 2 is 0.962 bits per heavy atom. The molecule has 0 spiro atoms. The first-order valence-corrected chi connectivity index (χ1v) is 16.4. The number of nitriles is 1. The fraction of sp³-hybridized carbons (Fsp3) is 0.410. The number of aryl methyl sites for hydroxylation is 5. The summed E-state index contributed by atoms with van der Waals surface area (Å²) in [5.74, 6) is 0. The molecule has 0 fully saturated rings. The van der Waals surface area contributed by atoms with Crippen molar-refractivity contribution in [2.75, 3.05) is 0 Å². The summed E-state index contributed by atoms with van der Waals surface area (Å²) in [5.41, 5.74) is 18.1. The summed E-state index contributed by atoms with van der Waals surface area (Å²) in [6, 6.07) is 10.0. The Balaban J connectivity index is -0.000000290. The van der Waals surface area contributed by atoms with Crippen molar-refractivity contribution in [1.29, 1.82) is 5.26 Å². The van der Waals surface area contributed by atoms with E-state index in [1.807, 2.05) is 63.8 Å². The van der Waals surface area contributed by atoms with Crippen LogP contribution in [0.15, 0.2) is 73.8 Å². The minimum atomic E-state index is -1.06. The summed E-state index contributed by atoms with van der Waals surface area (Å²) < 4.78 is 13.8. The molecule has 0 aromatic carbocycles. The van der Waals surface area contributed by atoms with Crippen molar-refractivity contribution in [2.45, 2.75) is 107 Å². The van der Waals surface area contributed by atoms with Crippen molar-refractivity contribution in [2.24, 2.45) is 11.5 Å². The molecule has 4 rings (SSSR count). The smallest absolute Gasteiger partial charge is 1.00 e. The minimum Gasteiger partial charge on any atom is -1.00 e. The largest absolute Gasteiger partial charge is 1.00 e. The van der Waals surface area contributed by atoms with Crippen LogP contribution in [0.25, 0.3) is 0 Å². The van der Waals surface area contributed by atoms with Crippen molar-refractivity contribution in [1.82, 2.24) is 19.9 Å². The molecule has 0 aliphatic carbocycles. The number of aromatic nitrogens is 4. The van der Waals surface area contributed by atoms with Gasteiger partial charge in [-0.05, 0) is 121 Å². The summed E-state index contributed by atoms with van der Waals surface area (Å²) in [7, 11) is 0. The number of ether oxygens (including phenoxy) is 3. The topological polar surface area (TPSA) is 189 Å². The molecule has 4 N–H and O–H groups in total. The number of carbonyl (C=O) groups is 2. The van der Waals surface area contributed by atoms with Crippen molar-refractivity contribution < 1.29 is 54.8 Å². The SMILES string of the molecule is CC(C)(C)OC(=O)OC(=O)OC(C)(C)C.CCc1cncc(C)c1.Cc1cncc(C#N)c1.Cc1cncc(CN)c1.Cc1cncc(CN)c1.[B].[H-].[Na+]. The number of pyridine rings is 4. The molecular weight excluding hydrogens is 680 g/mol. The molecule has 0 unspecified atom stereocenters. The van der Waals surface area contributed by atoms with E-state index in [0.29, 0.717) is 18.7 Å². The van der Waals surface area contributed by atoms with Crippen molar-refractivity contribution in [3.05, 3.63) is 118 Å². The molecule has 53 heavy (non-hydrogen) atoms. The van der Waals surface area contributed by atoms with Gasteiger partial charge in [0, 0.05) is 71.1 Å². The first kappa shape index (κ1) is 53.2. The van der Waals surface area contributed by atoms with E-state index in [-0.39, 0.29) is 39.4 Å². The Labute approximate surface area is 341 Å². The van der Waals surface area contributed by atoms with E-state index in [1.165, 1.54) is 11.1 Å². The fourth-order valence-corrected chi connectivity index (χ4v) is 3.50. The Hall–Kier alpha value is -4.19. The molecule has 0 bridgehead atoms. The van der Waals surface area contributed by atoms with Crippen LogP contribution >= 0.6 is 0 Å². The van der Waals surface area contributed by atoms with E-state index in [4.69, 9.17) is 26.2 Å². The molecular formula is C39H56BN7NaO5. The van der Waals surface area contributed by atoms with Crippen molar-refractivity contribution in [3.63, 3.8) is 0 Å². The zero-order chi connectivity index (χ0) is 39.0. The van der Waals surface area contributed by atoms with Crippen LogP contribution in [-0.2, 0) is 33.7 Å². The van der Waals surface area contributed by atoms with Crippen LogP contribution in [-0.4, -0.2) is 51.9 Å². The van der Waals surface area contributed by atoms with Crippen molar-refractivity contribution >= 4 is 20.7 Å². The van der Waals surface area contributed by atoms with Gasteiger partial charge < -0.3 is 27.1 Å². The minimum absolute atomic E-state index is 0.